The zero-order valence-electron chi connectivity index (χ0n) is 17.6. The van der Waals surface area contributed by atoms with Gasteiger partial charge in [-0.2, -0.15) is 13.2 Å². The average molecular weight is 507 g/mol. The molecule has 0 saturated carbocycles. The molecule has 0 unspecified atom stereocenters. The minimum absolute atomic E-state index is 0.0161. The van der Waals surface area contributed by atoms with Gasteiger partial charge >= 0.3 is 11.9 Å². The molecule has 176 valence electrons. The highest BCUT2D eigenvalue weighted by Gasteiger charge is 2.33. The smallest absolute Gasteiger partial charge is 0.324 e. The molecule has 0 aliphatic heterocycles. The molecule has 0 saturated heterocycles. The van der Waals surface area contributed by atoms with E-state index in [9.17, 15) is 27.6 Å². The molecule has 1 N–H and O–H groups in total. The van der Waals surface area contributed by atoms with Crippen LogP contribution in [-0.4, -0.2) is 25.8 Å². The number of anilines is 1. The number of benzene rings is 2. The molecule has 0 aliphatic rings. The van der Waals surface area contributed by atoms with Crippen LogP contribution in [0.1, 0.15) is 12.5 Å². The van der Waals surface area contributed by atoms with Crippen molar-refractivity contribution in [2.24, 2.45) is 0 Å². The van der Waals surface area contributed by atoms with Crippen molar-refractivity contribution in [1.82, 2.24) is 14.1 Å². The lowest BCUT2D eigenvalue weighted by atomic mass is 10.1. The predicted molar refractivity (Wildman–Crippen MR) is 126 cm³/mol. The standard InChI is InChI=1S/C22H17F3N4O3S2/c1-2-33-20-27-18-17(34-20)19(31)29(13-8-4-3-5-9-13)21(32)28(18)12-16(30)26-15-11-7-6-10-14(15)22(23,24)25/h3-11H,2,12H2,1H3,(H,26,30). The number of alkyl halides is 3. The Kier molecular flexibility index (Phi) is 6.62. The van der Waals surface area contributed by atoms with Crippen LogP contribution >= 0.6 is 23.1 Å². The van der Waals surface area contributed by atoms with Crippen LogP contribution in [0.3, 0.4) is 0 Å². The van der Waals surface area contributed by atoms with Gasteiger partial charge in [0.15, 0.2) is 9.99 Å². The molecule has 2 heterocycles. The van der Waals surface area contributed by atoms with Gasteiger partial charge in [0.1, 0.15) is 11.2 Å². The van der Waals surface area contributed by atoms with Gasteiger partial charge in [-0.25, -0.2) is 14.3 Å². The number of thiazole rings is 1. The first kappa shape index (κ1) is 23.8. The molecule has 4 rings (SSSR count). The topological polar surface area (TPSA) is 86.0 Å². The summed E-state index contributed by atoms with van der Waals surface area (Å²) in [6.45, 7) is 1.27. The number of carbonyl (C=O) groups is 1. The number of hydrogen-bond acceptors (Lipinski definition) is 6. The minimum Gasteiger partial charge on any atom is -0.324 e. The second-order valence-electron chi connectivity index (χ2n) is 7.00. The summed E-state index contributed by atoms with van der Waals surface area (Å²) in [5, 5.41) is 2.23. The molecular formula is C22H17F3N4O3S2. The first-order valence-corrected chi connectivity index (χ1v) is 11.8. The van der Waals surface area contributed by atoms with Crippen LogP contribution in [-0.2, 0) is 17.5 Å². The summed E-state index contributed by atoms with van der Waals surface area (Å²) in [7, 11) is 0. The lowest BCUT2D eigenvalue weighted by Gasteiger charge is -2.15. The molecule has 0 radical (unpaired) electrons. The van der Waals surface area contributed by atoms with E-state index in [1.165, 1.54) is 23.9 Å². The lowest BCUT2D eigenvalue weighted by molar-refractivity contribution is -0.137. The fourth-order valence-electron chi connectivity index (χ4n) is 3.32. The number of nitrogens with one attached hydrogen (secondary N) is 1. The summed E-state index contributed by atoms with van der Waals surface area (Å²) >= 11 is 2.47. The lowest BCUT2D eigenvalue weighted by Crippen LogP contribution is -2.40. The molecule has 4 aromatic rings. The van der Waals surface area contributed by atoms with Gasteiger partial charge in [0.25, 0.3) is 5.56 Å². The zero-order valence-corrected chi connectivity index (χ0v) is 19.3. The summed E-state index contributed by atoms with van der Waals surface area (Å²) in [5.41, 5.74) is -2.52. The van der Waals surface area contributed by atoms with Gasteiger partial charge in [0, 0.05) is 0 Å². The van der Waals surface area contributed by atoms with Gasteiger partial charge in [-0.1, -0.05) is 49.0 Å². The first-order valence-electron chi connectivity index (χ1n) is 10.0. The van der Waals surface area contributed by atoms with Crippen molar-refractivity contribution in [2.45, 2.75) is 24.0 Å². The van der Waals surface area contributed by atoms with Crippen molar-refractivity contribution in [3.05, 3.63) is 81.0 Å². The number of fused-ring (bicyclic) bond motifs is 1. The number of aromatic nitrogens is 3. The molecular weight excluding hydrogens is 489 g/mol. The van der Waals surface area contributed by atoms with E-state index in [-0.39, 0.29) is 10.3 Å². The van der Waals surface area contributed by atoms with E-state index in [0.29, 0.717) is 15.8 Å². The normalized spacial score (nSPS) is 11.6. The number of carbonyl (C=O) groups excluding carboxylic acids is 1. The Hall–Kier alpha value is -3.38. The van der Waals surface area contributed by atoms with Gasteiger partial charge < -0.3 is 5.32 Å². The second kappa shape index (κ2) is 9.47. The third-order valence-corrected chi connectivity index (χ3v) is 6.81. The summed E-state index contributed by atoms with van der Waals surface area (Å²) in [6.07, 6.45) is -4.67. The number of thioether (sulfide) groups is 1. The monoisotopic (exact) mass is 506 g/mol. The number of halogens is 3. The van der Waals surface area contributed by atoms with E-state index in [1.54, 1.807) is 30.3 Å². The Morgan fingerprint density at radius 1 is 1.09 bits per heavy atom. The van der Waals surface area contributed by atoms with Crippen molar-refractivity contribution >= 4 is 45.0 Å². The molecule has 34 heavy (non-hydrogen) atoms. The van der Waals surface area contributed by atoms with Crippen LogP contribution < -0.4 is 16.6 Å². The molecule has 2 aromatic heterocycles. The first-order chi connectivity index (χ1) is 16.2. The maximum absolute atomic E-state index is 13.3. The highest BCUT2D eigenvalue weighted by atomic mass is 32.2. The van der Waals surface area contributed by atoms with Crippen LogP contribution in [0.2, 0.25) is 0 Å². The van der Waals surface area contributed by atoms with Crippen LogP contribution in [0, 0.1) is 0 Å². The fourth-order valence-corrected chi connectivity index (χ4v) is 5.29. The van der Waals surface area contributed by atoms with Gasteiger partial charge in [-0.3, -0.25) is 14.2 Å². The molecule has 2 aromatic carbocycles. The van der Waals surface area contributed by atoms with Crippen molar-refractivity contribution in [1.29, 1.82) is 0 Å². The van der Waals surface area contributed by atoms with E-state index in [1.807, 2.05) is 6.92 Å². The van der Waals surface area contributed by atoms with Gasteiger partial charge in [-0.15, -0.1) is 11.3 Å². The Morgan fingerprint density at radius 3 is 2.44 bits per heavy atom. The highest BCUT2D eigenvalue weighted by molar-refractivity contribution is 8.01. The molecule has 0 aliphatic carbocycles. The predicted octanol–water partition coefficient (Wildman–Crippen LogP) is 4.38. The van der Waals surface area contributed by atoms with Gasteiger partial charge in [-0.05, 0) is 30.0 Å². The molecule has 0 atom stereocenters. The Morgan fingerprint density at radius 2 is 1.76 bits per heavy atom. The summed E-state index contributed by atoms with van der Waals surface area (Å²) in [5.74, 6) is -0.192. The van der Waals surface area contributed by atoms with E-state index in [2.05, 4.69) is 10.3 Å². The van der Waals surface area contributed by atoms with Crippen LogP contribution in [0.15, 0.2) is 68.5 Å². The van der Waals surface area contributed by atoms with Crippen LogP contribution in [0.4, 0.5) is 18.9 Å². The maximum atomic E-state index is 13.3. The Bertz CT molecular complexity index is 1480. The van der Waals surface area contributed by atoms with E-state index >= 15 is 0 Å². The Balaban J connectivity index is 1.82. The van der Waals surface area contributed by atoms with Crippen molar-refractivity contribution in [2.75, 3.05) is 11.1 Å². The summed E-state index contributed by atoms with van der Waals surface area (Å²) in [4.78, 5) is 43.6. The molecule has 0 spiro atoms. The zero-order chi connectivity index (χ0) is 24.5. The molecule has 1 amide bonds. The quantitative estimate of drug-likeness (QED) is 0.393. The largest absolute Gasteiger partial charge is 0.418 e. The number of nitrogens with zero attached hydrogens (tertiary/aromatic N) is 3. The summed E-state index contributed by atoms with van der Waals surface area (Å²) in [6, 6.07) is 12.7. The van der Waals surface area contributed by atoms with Crippen molar-refractivity contribution in [3.63, 3.8) is 0 Å². The molecule has 0 bridgehead atoms. The van der Waals surface area contributed by atoms with Crippen LogP contribution in [0.5, 0.6) is 0 Å². The van der Waals surface area contributed by atoms with Gasteiger partial charge in [0.05, 0.1) is 16.9 Å². The SMILES string of the molecule is CCSc1nc2c(s1)c(=O)n(-c1ccccc1)c(=O)n2CC(=O)Nc1ccccc1C(F)(F)F. The number of amides is 1. The molecule has 7 nitrogen and oxygen atoms in total. The minimum atomic E-state index is -4.67. The van der Waals surface area contributed by atoms with E-state index in [0.717, 1.165) is 32.6 Å². The summed E-state index contributed by atoms with van der Waals surface area (Å²) < 4.78 is 42.6. The van der Waals surface area contributed by atoms with Crippen LogP contribution in [0.25, 0.3) is 16.0 Å². The van der Waals surface area contributed by atoms with Gasteiger partial charge in [0.2, 0.25) is 5.91 Å². The number of para-hydroxylation sites is 2. The fraction of sp³-hybridized carbons (Fsp3) is 0.182. The second-order valence-corrected chi connectivity index (χ2v) is 9.51. The molecule has 12 heteroatoms. The number of rotatable bonds is 6. The third kappa shape index (κ3) is 4.64. The third-order valence-electron chi connectivity index (χ3n) is 4.76. The number of hydrogen-bond donors (Lipinski definition) is 1. The average Bonchev–Trinajstić information content (AvgIpc) is 3.21. The highest BCUT2D eigenvalue weighted by Crippen LogP contribution is 2.34. The van der Waals surface area contributed by atoms with Crippen molar-refractivity contribution in [3.8, 4) is 5.69 Å². The Labute approximate surface area is 198 Å². The van der Waals surface area contributed by atoms with E-state index < -0.39 is 41.1 Å². The van der Waals surface area contributed by atoms with E-state index in [4.69, 9.17) is 0 Å². The van der Waals surface area contributed by atoms with Crippen molar-refractivity contribution < 1.29 is 18.0 Å². The maximum Gasteiger partial charge on any atom is 0.418 e. The molecule has 0 fully saturated rings.